The molecule has 0 aromatic carbocycles. The monoisotopic (exact) mass is 279 g/mol. The Hall–Kier alpha value is -2.48. The molecule has 0 bridgehead atoms. The van der Waals surface area contributed by atoms with Crippen LogP contribution in [0.3, 0.4) is 0 Å². The smallest absolute Gasteiger partial charge is 0.142 e. The van der Waals surface area contributed by atoms with Crippen LogP contribution in [0.25, 0.3) is 11.1 Å². The Kier molecular flexibility index (Phi) is 3.30. The number of pyridine rings is 1. The summed E-state index contributed by atoms with van der Waals surface area (Å²) in [6, 6.07) is 2.20. The fraction of sp³-hybridized carbons (Fsp3) is 0.375. The largest absolute Gasteiger partial charge is 0.383 e. The molecule has 0 fully saturated rings. The number of nitriles is 1. The summed E-state index contributed by atoms with van der Waals surface area (Å²) in [7, 11) is 0. The van der Waals surface area contributed by atoms with Crippen molar-refractivity contribution in [3.8, 4) is 17.2 Å². The Balaban J connectivity index is 2.31. The van der Waals surface area contributed by atoms with E-state index < -0.39 is 0 Å². The Morgan fingerprint density at radius 1 is 1.33 bits per heavy atom. The van der Waals surface area contributed by atoms with Gasteiger partial charge in [0.2, 0.25) is 0 Å². The van der Waals surface area contributed by atoms with Crippen LogP contribution in [0.4, 0.5) is 5.82 Å². The van der Waals surface area contributed by atoms with Crippen LogP contribution >= 0.6 is 0 Å². The van der Waals surface area contributed by atoms with Crippen molar-refractivity contribution in [2.24, 2.45) is 0 Å². The van der Waals surface area contributed by atoms with Gasteiger partial charge in [0.1, 0.15) is 23.3 Å². The first kappa shape index (κ1) is 13.5. The number of fused-ring (bicyclic) bond motifs is 1. The first-order valence-corrected chi connectivity index (χ1v) is 7.13. The van der Waals surface area contributed by atoms with E-state index in [0.717, 1.165) is 41.6 Å². The number of nitrogens with zero attached hydrogens (tertiary/aromatic N) is 4. The average Bonchev–Trinajstić information content (AvgIpc) is 2.48. The number of aryl methyl sites for hydroxylation is 1. The van der Waals surface area contributed by atoms with Gasteiger partial charge in [-0.25, -0.2) is 15.0 Å². The van der Waals surface area contributed by atoms with E-state index in [1.165, 1.54) is 0 Å². The van der Waals surface area contributed by atoms with Gasteiger partial charge in [-0.1, -0.05) is 6.92 Å². The number of nitrogens with two attached hydrogens (primary N) is 1. The SMILES string of the molecule is Cc1ncc(-c2c(C#N)c(N)nc3c2CCCC3C)cn1. The molecule has 0 aliphatic heterocycles. The zero-order chi connectivity index (χ0) is 15.0. The van der Waals surface area contributed by atoms with E-state index in [2.05, 4.69) is 27.9 Å². The maximum Gasteiger partial charge on any atom is 0.142 e. The maximum absolute atomic E-state index is 9.47. The van der Waals surface area contributed by atoms with Crippen molar-refractivity contribution in [1.82, 2.24) is 15.0 Å². The third kappa shape index (κ3) is 2.23. The van der Waals surface area contributed by atoms with E-state index in [-0.39, 0.29) is 0 Å². The lowest BCUT2D eigenvalue weighted by molar-refractivity contribution is 0.575. The zero-order valence-electron chi connectivity index (χ0n) is 12.2. The number of hydrogen-bond acceptors (Lipinski definition) is 5. The molecule has 0 amide bonds. The second-order valence-electron chi connectivity index (χ2n) is 5.53. The second-order valence-corrected chi connectivity index (χ2v) is 5.53. The van der Waals surface area contributed by atoms with Crippen LogP contribution < -0.4 is 5.73 Å². The van der Waals surface area contributed by atoms with Crippen molar-refractivity contribution in [2.45, 2.75) is 39.0 Å². The number of hydrogen-bond donors (Lipinski definition) is 1. The van der Waals surface area contributed by atoms with E-state index in [4.69, 9.17) is 5.73 Å². The molecule has 21 heavy (non-hydrogen) atoms. The van der Waals surface area contributed by atoms with Crippen molar-refractivity contribution in [2.75, 3.05) is 5.73 Å². The number of rotatable bonds is 1. The summed E-state index contributed by atoms with van der Waals surface area (Å²) in [6.07, 6.45) is 6.65. The van der Waals surface area contributed by atoms with E-state index in [1.54, 1.807) is 12.4 Å². The summed E-state index contributed by atoms with van der Waals surface area (Å²) in [5, 5.41) is 9.47. The predicted octanol–water partition coefficient (Wildman–Crippen LogP) is 2.74. The standard InChI is InChI=1S/C16H17N5/c1-9-4-3-5-12-14(11-7-19-10(2)20-8-11)13(6-17)16(18)21-15(9)12/h7-9H,3-5H2,1-2H3,(H2,18,21). The van der Waals surface area contributed by atoms with Crippen LogP contribution in [-0.2, 0) is 6.42 Å². The van der Waals surface area contributed by atoms with Crippen LogP contribution in [-0.4, -0.2) is 15.0 Å². The second kappa shape index (κ2) is 5.13. The summed E-state index contributed by atoms with van der Waals surface area (Å²) in [6.45, 7) is 4.00. The van der Waals surface area contributed by atoms with Crippen LogP contribution in [0.5, 0.6) is 0 Å². The highest BCUT2D eigenvalue weighted by atomic mass is 14.9. The average molecular weight is 279 g/mol. The molecule has 0 spiro atoms. The Labute approximate surface area is 123 Å². The number of anilines is 1. The quantitative estimate of drug-likeness (QED) is 0.867. The number of nitrogen functional groups attached to an aromatic ring is 1. The molecule has 5 heteroatoms. The van der Waals surface area contributed by atoms with Gasteiger partial charge in [0.15, 0.2) is 0 Å². The molecule has 1 unspecified atom stereocenters. The van der Waals surface area contributed by atoms with E-state index in [0.29, 0.717) is 23.1 Å². The van der Waals surface area contributed by atoms with Gasteiger partial charge in [-0.15, -0.1) is 0 Å². The maximum atomic E-state index is 9.47. The molecule has 0 saturated heterocycles. The molecule has 0 radical (unpaired) electrons. The first-order chi connectivity index (χ1) is 10.1. The molecular formula is C16H17N5. The van der Waals surface area contributed by atoms with Crippen molar-refractivity contribution in [3.05, 3.63) is 35.0 Å². The lowest BCUT2D eigenvalue weighted by atomic mass is 9.82. The summed E-state index contributed by atoms with van der Waals surface area (Å²) in [4.78, 5) is 13.0. The lowest BCUT2D eigenvalue weighted by Crippen LogP contribution is -2.14. The fourth-order valence-corrected chi connectivity index (χ4v) is 3.00. The normalized spacial score (nSPS) is 17.1. The van der Waals surface area contributed by atoms with Crippen molar-refractivity contribution in [3.63, 3.8) is 0 Å². The Morgan fingerprint density at radius 3 is 2.71 bits per heavy atom. The molecule has 1 aliphatic rings. The summed E-state index contributed by atoms with van der Waals surface area (Å²) < 4.78 is 0. The lowest BCUT2D eigenvalue weighted by Gasteiger charge is -2.25. The molecule has 3 rings (SSSR count). The Bertz CT molecular complexity index is 728. The topological polar surface area (TPSA) is 88.5 Å². The van der Waals surface area contributed by atoms with E-state index in [1.807, 2.05) is 6.92 Å². The molecule has 5 nitrogen and oxygen atoms in total. The summed E-state index contributed by atoms with van der Waals surface area (Å²) >= 11 is 0. The molecule has 2 heterocycles. The molecule has 106 valence electrons. The van der Waals surface area contributed by atoms with Crippen LogP contribution in [0, 0.1) is 18.3 Å². The minimum absolute atomic E-state index is 0.306. The first-order valence-electron chi connectivity index (χ1n) is 7.13. The molecular weight excluding hydrogens is 262 g/mol. The third-order valence-corrected chi connectivity index (χ3v) is 4.07. The summed E-state index contributed by atoms with van der Waals surface area (Å²) in [5.41, 5.74) is 10.3. The molecule has 1 aliphatic carbocycles. The molecule has 2 N–H and O–H groups in total. The predicted molar refractivity (Wildman–Crippen MR) is 80.5 cm³/mol. The molecule has 2 aromatic heterocycles. The van der Waals surface area contributed by atoms with Gasteiger partial charge < -0.3 is 5.73 Å². The molecule has 1 atom stereocenters. The zero-order valence-corrected chi connectivity index (χ0v) is 12.2. The van der Waals surface area contributed by atoms with Gasteiger partial charge in [-0.3, -0.25) is 0 Å². The van der Waals surface area contributed by atoms with Gasteiger partial charge in [0.25, 0.3) is 0 Å². The van der Waals surface area contributed by atoms with Gasteiger partial charge in [0.05, 0.1) is 0 Å². The van der Waals surface area contributed by atoms with Gasteiger partial charge in [-0.05, 0) is 37.7 Å². The Morgan fingerprint density at radius 2 is 2.05 bits per heavy atom. The highest BCUT2D eigenvalue weighted by Gasteiger charge is 2.25. The number of aromatic nitrogens is 3. The van der Waals surface area contributed by atoms with Gasteiger partial charge >= 0.3 is 0 Å². The van der Waals surface area contributed by atoms with E-state index >= 15 is 0 Å². The van der Waals surface area contributed by atoms with Crippen molar-refractivity contribution < 1.29 is 0 Å². The van der Waals surface area contributed by atoms with Crippen molar-refractivity contribution in [1.29, 1.82) is 5.26 Å². The third-order valence-electron chi connectivity index (χ3n) is 4.07. The highest BCUT2D eigenvalue weighted by Crippen LogP contribution is 2.39. The fourth-order valence-electron chi connectivity index (χ4n) is 3.00. The van der Waals surface area contributed by atoms with E-state index in [9.17, 15) is 5.26 Å². The highest BCUT2D eigenvalue weighted by molar-refractivity contribution is 5.78. The van der Waals surface area contributed by atoms with Crippen LogP contribution in [0.15, 0.2) is 12.4 Å². The van der Waals surface area contributed by atoms with Crippen molar-refractivity contribution >= 4 is 5.82 Å². The minimum Gasteiger partial charge on any atom is -0.383 e. The molecule has 0 saturated carbocycles. The van der Waals surface area contributed by atoms with Crippen LogP contribution in [0.2, 0.25) is 0 Å². The van der Waals surface area contributed by atoms with Gasteiger partial charge in [0, 0.05) is 29.2 Å². The van der Waals surface area contributed by atoms with Crippen LogP contribution in [0.1, 0.15) is 48.3 Å². The summed E-state index contributed by atoms with van der Waals surface area (Å²) in [5.74, 6) is 1.39. The minimum atomic E-state index is 0.306. The van der Waals surface area contributed by atoms with Gasteiger partial charge in [-0.2, -0.15) is 5.26 Å². The molecule has 2 aromatic rings.